The number of rotatable bonds is 3. The number of aromatic nitrogens is 2. The molecule has 0 saturated carbocycles. The maximum absolute atomic E-state index is 5.50. The van der Waals surface area contributed by atoms with E-state index in [0.717, 1.165) is 12.1 Å². The average molecular weight is 201 g/mol. The van der Waals surface area contributed by atoms with Crippen LogP contribution in [0.5, 0.6) is 0 Å². The molecule has 2 aromatic rings. The van der Waals surface area contributed by atoms with Gasteiger partial charge in [0.05, 0.1) is 11.9 Å². The molecule has 1 aromatic carbocycles. The Balaban J connectivity index is 2.29. The van der Waals surface area contributed by atoms with Crippen LogP contribution in [0.4, 0.5) is 0 Å². The Morgan fingerprint density at radius 1 is 1.40 bits per heavy atom. The molecular formula is C12H15N3. The molecular weight excluding hydrogens is 186 g/mol. The molecule has 0 atom stereocenters. The van der Waals surface area contributed by atoms with Crippen LogP contribution in [0.1, 0.15) is 11.1 Å². The fourth-order valence-electron chi connectivity index (χ4n) is 1.57. The summed E-state index contributed by atoms with van der Waals surface area (Å²) in [7, 11) is 0. The van der Waals surface area contributed by atoms with Crippen molar-refractivity contribution in [1.29, 1.82) is 0 Å². The first-order chi connectivity index (χ1) is 7.29. The molecule has 1 heterocycles. The van der Waals surface area contributed by atoms with Crippen LogP contribution < -0.4 is 5.73 Å². The van der Waals surface area contributed by atoms with Crippen molar-refractivity contribution >= 4 is 0 Å². The van der Waals surface area contributed by atoms with Gasteiger partial charge in [0.25, 0.3) is 0 Å². The van der Waals surface area contributed by atoms with E-state index in [4.69, 9.17) is 5.73 Å². The molecule has 2 rings (SSSR count). The molecule has 0 bridgehead atoms. The van der Waals surface area contributed by atoms with Gasteiger partial charge in [0, 0.05) is 6.20 Å². The monoisotopic (exact) mass is 201 g/mol. The minimum Gasteiger partial charge on any atom is -0.330 e. The lowest BCUT2D eigenvalue weighted by Gasteiger charge is -2.01. The highest BCUT2D eigenvalue weighted by Crippen LogP contribution is 2.10. The normalized spacial score (nSPS) is 10.5. The molecule has 3 nitrogen and oxygen atoms in total. The SMILES string of the molecule is Cc1cccc(-n2cc(CCN)cn2)c1. The third-order valence-electron chi connectivity index (χ3n) is 2.34. The van der Waals surface area contributed by atoms with Gasteiger partial charge >= 0.3 is 0 Å². The predicted octanol–water partition coefficient (Wildman–Crippen LogP) is 1.68. The molecule has 3 heteroatoms. The highest BCUT2D eigenvalue weighted by molar-refractivity contribution is 5.35. The minimum atomic E-state index is 0.666. The third kappa shape index (κ3) is 2.25. The first-order valence-electron chi connectivity index (χ1n) is 5.10. The van der Waals surface area contributed by atoms with Gasteiger partial charge in [-0.1, -0.05) is 12.1 Å². The smallest absolute Gasteiger partial charge is 0.0648 e. The Morgan fingerprint density at radius 2 is 2.27 bits per heavy atom. The number of hydrogen-bond acceptors (Lipinski definition) is 2. The molecule has 0 radical (unpaired) electrons. The summed E-state index contributed by atoms with van der Waals surface area (Å²) in [6.45, 7) is 2.74. The summed E-state index contributed by atoms with van der Waals surface area (Å²) in [5.41, 5.74) is 9.01. The lowest BCUT2D eigenvalue weighted by molar-refractivity contribution is 0.877. The van der Waals surface area contributed by atoms with E-state index >= 15 is 0 Å². The quantitative estimate of drug-likeness (QED) is 0.821. The van der Waals surface area contributed by atoms with Gasteiger partial charge < -0.3 is 5.73 Å². The van der Waals surface area contributed by atoms with Crippen LogP contribution in [-0.4, -0.2) is 16.3 Å². The summed E-state index contributed by atoms with van der Waals surface area (Å²) in [4.78, 5) is 0. The summed E-state index contributed by atoms with van der Waals surface area (Å²) in [6, 6.07) is 8.27. The standard InChI is InChI=1S/C12H15N3/c1-10-3-2-4-12(7-10)15-9-11(5-6-13)8-14-15/h2-4,7-9H,5-6,13H2,1H3. The molecule has 0 spiro atoms. The van der Waals surface area contributed by atoms with E-state index in [1.807, 2.05) is 29.2 Å². The van der Waals surface area contributed by atoms with Crippen molar-refractivity contribution < 1.29 is 0 Å². The minimum absolute atomic E-state index is 0.666. The molecule has 0 aliphatic carbocycles. The Labute approximate surface area is 89.5 Å². The number of aryl methyl sites for hydroxylation is 1. The molecule has 78 valence electrons. The van der Waals surface area contributed by atoms with Gasteiger partial charge in [-0.05, 0) is 43.1 Å². The van der Waals surface area contributed by atoms with Gasteiger partial charge in [0.15, 0.2) is 0 Å². The van der Waals surface area contributed by atoms with Crippen LogP contribution in [0.15, 0.2) is 36.7 Å². The van der Waals surface area contributed by atoms with E-state index in [0.29, 0.717) is 6.54 Å². The fraction of sp³-hybridized carbons (Fsp3) is 0.250. The second kappa shape index (κ2) is 4.28. The molecule has 0 aliphatic heterocycles. The van der Waals surface area contributed by atoms with Gasteiger partial charge in [0.2, 0.25) is 0 Å². The van der Waals surface area contributed by atoms with Crippen LogP contribution in [0, 0.1) is 6.92 Å². The largest absolute Gasteiger partial charge is 0.330 e. The lowest BCUT2D eigenvalue weighted by Crippen LogP contribution is -2.01. The van der Waals surface area contributed by atoms with Crippen LogP contribution in [-0.2, 0) is 6.42 Å². The van der Waals surface area contributed by atoms with Crippen molar-refractivity contribution in [1.82, 2.24) is 9.78 Å². The zero-order chi connectivity index (χ0) is 10.7. The topological polar surface area (TPSA) is 43.8 Å². The summed E-state index contributed by atoms with van der Waals surface area (Å²) in [6.07, 6.45) is 4.78. The third-order valence-corrected chi connectivity index (χ3v) is 2.34. The van der Waals surface area contributed by atoms with Crippen molar-refractivity contribution in [3.63, 3.8) is 0 Å². The maximum Gasteiger partial charge on any atom is 0.0648 e. The van der Waals surface area contributed by atoms with Crippen molar-refractivity contribution in [3.05, 3.63) is 47.8 Å². The van der Waals surface area contributed by atoms with Crippen LogP contribution >= 0.6 is 0 Å². The average Bonchev–Trinajstić information content (AvgIpc) is 2.67. The summed E-state index contributed by atoms with van der Waals surface area (Å²) in [5.74, 6) is 0. The Hall–Kier alpha value is -1.61. The molecule has 0 amide bonds. The molecule has 2 N–H and O–H groups in total. The van der Waals surface area contributed by atoms with Gasteiger partial charge in [-0.3, -0.25) is 0 Å². The zero-order valence-electron chi connectivity index (χ0n) is 8.85. The zero-order valence-corrected chi connectivity index (χ0v) is 8.85. The summed E-state index contributed by atoms with van der Waals surface area (Å²) in [5, 5.41) is 4.31. The van der Waals surface area contributed by atoms with Gasteiger partial charge in [-0.15, -0.1) is 0 Å². The Bertz CT molecular complexity index is 446. The molecule has 0 aliphatic rings. The van der Waals surface area contributed by atoms with Crippen molar-refractivity contribution in [2.45, 2.75) is 13.3 Å². The van der Waals surface area contributed by atoms with Crippen molar-refractivity contribution in [3.8, 4) is 5.69 Å². The van der Waals surface area contributed by atoms with E-state index in [1.54, 1.807) is 0 Å². The van der Waals surface area contributed by atoms with Crippen LogP contribution in [0.3, 0.4) is 0 Å². The molecule has 0 fully saturated rings. The van der Waals surface area contributed by atoms with Crippen molar-refractivity contribution in [2.24, 2.45) is 5.73 Å². The van der Waals surface area contributed by atoms with Crippen molar-refractivity contribution in [2.75, 3.05) is 6.54 Å². The highest BCUT2D eigenvalue weighted by Gasteiger charge is 1.99. The van der Waals surface area contributed by atoms with Gasteiger partial charge in [0.1, 0.15) is 0 Å². The maximum atomic E-state index is 5.50. The number of nitrogens with zero attached hydrogens (tertiary/aromatic N) is 2. The first-order valence-corrected chi connectivity index (χ1v) is 5.10. The lowest BCUT2D eigenvalue weighted by atomic mass is 10.2. The molecule has 15 heavy (non-hydrogen) atoms. The van der Waals surface area contributed by atoms with Gasteiger partial charge in [-0.25, -0.2) is 4.68 Å². The number of hydrogen-bond donors (Lipinski definition) is 1. The second-order valence-corrected chi connectivity index (χ2v) is 3.67. The van der Waals surface area contributed by atoms with Crippen LogP contribution in [0.25, 0.3) is 5.69 Å². The van der Waals surface area contributed by atoms with E-state index in [9.17, 15) is 0 Å². The Morgan fingerprint density at radius 3 is 3.00 bits per heavy atom. The highest BCUT2D eigenvalue weighted by atomic mass is 15.3. The summed E-state index contributed by atoms with van der Waals surface area (Å²) < 4.78 is 1.89. The number of nitrogens with two attached hydrogens (primary N) is 1. The number of benzene rings is 1. The molecule has 1 aromatic heterocycles. The van der Waals surface area contributed by atoms with E-state index < -0.39 is 0 Å². The molecule has 0 unspecified atom stereocenters. The predicted molar refractivity (Wildman–Crippen MR) is 61.1 cm³/mol. The van der Waals surface area contributed by atoms with Gasteiger partial charge in [-0.2, -0.15) is 5.10 Å². The first kappa shape index (κ1) is 9.93. The van der Waals surface area contributed by atoms with E-state index in [1.165, 1.54) is 11.1 Å². The van der Waals surface area contributed by atoms with Crippen LogP contribution in [0.2, 0.25) is 0 Å². The summed E-state index contributed by atoms with van der Waals surface area (Å²) >= 11 is 0. The fourth-order valence-corrected chi connectivity index (χ4v) is 1.57. The van der Waals surface area contributed by atoms with E-state index in [-0.39, 0.29) is 0 Å². The molecule has 0 saturated heterocycles. The Kier molecular flexibility index (Phi) is 2.83. The second-order valence-electron chi connectivity index (χ2n) is 3.67. The van der Waals surface area contributed by atoms with E-state index in [2.05, 4.69) is 24.2 Å².